The van der Waals surface area contributed by atoms with Crippen molar-refractivity contribution >= 4 is 83.2 Å². The van der Waals surface area contributed by atoms with Crippen LogP contribution in [0.5, 0.6) is 0 Å². The summed E-state index contributed by atoms with van der Waals surface area (Å²) >= 11 is 0. The van der Waals surface area contributed by atoms with Gasteiger partial charge in [0.25, 0.3) is 5.91 Å². The topological polar surface area (TPSA) is 123 Å². The number of aromatic carboxylic acids is 1. The Morgan fingerprint density at radius 2 is 1.02 bits per heavy atom. The van der Waals surface area contributed by atoms with Crippen LogP contribution in [-0.2, 0) is 24.4 Å². The number of aliphatic hydroxyl groups is 1. The Balaban J connectivity index is 0.000000135. The van der Waals surface area contributed by atoms with E-state index in [-0.39, 0.29) is 18.1 Å². The molecule has 10 heteroatoms. The van der Waals surface area contributed by atoms with Crippen LogP contribution in [0.1, 0.15) is 94.0 Å². The number of para-hydroxylation sites is 3. The van der Waals surface area contributed by atoms with E-state index in [1.54, 1.807) is 26.0 Å². The molecular formula is C56H61N5O5. The summed E-state index contributed by atoms with van der Waals surface area (Å²) in [4.78, 5) is 28.3. The third-order valence-electron chi connectivity index (χ3n) is 12.2. The van der Waals surface area contributed by atoms with Crippen LogP contribution in [0.25, 0.3) is 65.4 Å². The van der Waals surface area contributed by atoms with Gasteiger partial charge >= 0.3 is 5.97 Å². The Hall–Kier alpha value is -6.91. The minimum Gasteiger partial charge on any atom is -0.478 e. The molecule has 10 nitrogen and oxygen atoms in total. The van der Waals surface area contributed by atoms with E-state index in [1.807, 2.05) is 48.5 Å². The van der Waals surface area contributed by atoms with Crippen LogP contribution >= 0.6 is 0 Å². The van der Waals surface area contributed by atoms with Gasteiger partial charge in [-0.25, -0.2) is 9.79 Å². The number of carboxylic acid groups (broad SMARTS) is 1. The number of carbonyl (C=O) groups is 2. The molecule has 3 N–H and O–H groups in total. The lowest BCUT2D eigenvalue weighted by Gasteiger charge is -2.23. The first-order valence-electron chi connectivity index (χ1n) is 23.2. The van der Waals surface area contributed by atoms with Crippen molar-refractivity contribution in [1.82, 2.24) is 19.0 Å². The molecule has 0 saturated heterocycles. The van der Waals surface area contributed by atoms with E-state index >= 15 is 0 Å². The number of rotatable bonds is 11. The van der Waals surface area contributed by atoms with Crippen molar-refractivity contribution in [3.05, 3.63) is 144 Å². The second-order valence-corrected chi connectivity index (χ2v) is 18.5. The number of aliphatic imine (C=N–C) groups is 1. The predicted octanol–water partition coefficient (Wildman–Crippen LogP) is 12.4. The van der Waals surface area contributed by atoms with Gasteiger partial charge in [-0.15, -0.1) is 0 Å². The molecule has 3 aromatic heterocycles. The van der Waals surface area contributed by atoms with Gasteiger partial charge in [0.15, 0.2) is 0 Å². The number of amides is 1. The summed E-state index contributed by atoms with van der Waals surface area (Å²) < 4.78 is 12.8. The van der Waals surface area contributed by atoms with Crippen molar-refractivity contribution < 1.29 is 24.5 Å². The van der Waals surface area contributed by atoms with Crippen molar-refractivity contribution in [2.24, 2.45) is 4.99 Å². The number of carbonyl (C=O) groups excluding carboxylic acids is 1. The molecule has 66 heavy (non-hydrogen) atoms. The number of hydrogen-bond donors (Lipinski definition) is 3. The van der Waals surface area contributed by atoms with Crippen molar-refractivity contribution in [2.45, 2.75) is 98.4 Å². The highest BCUT2D eigenvalue weighted by Crippen LogP contribution is 2.33. The maximum absolute atomic E-state index is 12.5. The van der Waals surface area contributed by atoms with E-state index in [0.29, 0.717) is 17.7 Å². The van der Waals surface area contributed by atoms with Crippen molar-refractivity contribution in [2.75, 3.05) is 13.2 Å². The molecule has 10 rings (SSSR count). The van der Waals surface area contributed by atoms with Gasteiger partial charge in [0.05, 0.1) is 23.2 Å². The summed E-state index contributed by atoms with van der Waals surface area (Å²) in [7, 11) is 0. The lowest BCUT2D eigenvalue weighted by molar-refractivity contribution is 0.0696. The molecule has 1 aliphatic rings. The highest BCUT2D eigenvalue weighted by atomic mass is 16.5. The zero-order valence-corrected chi connectivity index (χ0v) is 39.2. The van der Waals surface area contributed by atoms with Crippen LogP contribution in [0.2, 0.25) is 0 Å². The van der Waals surface area contributed by atoms with Crippen LogP contribution < -0.4 is 5.32 Å². The Morgan fingerprint density at radius 1 is 0.606 bits per heavy atom. The molecule has 0 saturated carbocycles. The minimum atomic E-state index is -0.880. The fourth-order valence-corrected chi connectivity index (χ4v) is 9.11. The van der Waals surface area contributed by atoms with E-state index in [1.165, 1.54) is 32.8 Å². The number of hydrogen-bond acceptors (Lipinski definition) is 5. The first kappa shape index (κ1) is 45.7. The van der Waals surface area contributed by atoms with Gasteiger partial charge < -0.3 is 34.0 Å². The summed E-state index contributed by atoms with van der Waals surface area (Å²) in [5.74, 6) is -0.276. The molecule has 9 aromatic rings. The zero-order chi connectivity index (χ0) is 46.8. The number of aromatic nitrogens is 3. The molecule has 0 radical (unpaired) electrons. The van der Waals surface area contributed by atoms with Gasteiger partial charge in [0, 0.05) is 96.2 Å². The summed E-state index contributed by atoms with van der Waals surface area (Å²) in [6.07, 6.45) is 3.23. The second-order valence-electron chi connectivity index (χ2n) is 18.5. The normalized spacial score (nSPS) is 13.4. The summed E-state index contributed by atoms with van der Waals surface area (Å²) in [5, 5.41) is 28.3. The Morgan fingerprint density at radius 3 is 1.44 bits per heavy atom. The Labute approximate surface area is 386 Å². The average molecular weight is 884 g/mol. The van der Waals surface area contributed by atoms with Crippen LogP contribution in [0, 0.1) is 0 Å². The number of benzene rings is 6. The minimum absolute atomic E-state index is 0.100. The number of ether oxygens (including phenoxy) is 1. The van der Waals surface area contributed by atoms with Crippen LogP contribution in [0.15, 0.2) is 132 Å². The molecule has 0 aliphatic carbocycles. The number of aryl methyl sites for hydroxylation is 3. The molecule has 0 atom stereocenters. The Bertz CT molecular complexity index is 3270. The molecule has 0 spiro atoms. The molecule has 0 unspecified atom stereocenters. The third-order valence-corrected chi connectivity index (χ3v) is 12.2. The average Bonchev–Trinajstić information content (AvgIpc) is 4.04. The van der Waals surface area contributed by atoms with E-state index in [2.05, 4.69) is 120 Å². The zero-order valence-electron chi connectivity index (χ0n) is 39.2. The number of nitrogens with zero attached hydrogens (tertiary/aromatic N) is 4. The van der Waals surface area contributed by atoms with E-state index in [4.69, 9.17) is 14.8 Å². The lowest BCUT2D eigenvalue weighted by atomic mass is 10.0. The lowest BCUT2D eigenvalue weighted by Crippen LogP contribution is -2.46. The van der Waals surface area contributed by atoms with Gasteiger partial charge in [0.2, 0.25) is 5.90 Å². The van der Waals surface area contributed by atoms with Crippen LogP contribution in [0.3, 0.4) is 0 Å². The van der Waals surface area contributed by atoms with Gasteiger partial charge in [-0.3, -0.25) is 4.79 Å². The number of aliphatic hydroxyl groups excluding tert-OH is 1. The first-order chi connectivity index (χ1) is 31.8. The highest BCUT2D eigenvalue weighted by Gasteiger charge is 2.27. The summed E-state index contributed by atoms with van der Waals surface area (Å²) in [5.41, 5.74) is 8.47. The summed E-state index contributed by atoms with van der Waals surface area (Å²) in [6, 6.07) is 42.8. The molecule has 0 bridgehead atoms. The number of carboxylic acids is 1. The number of fused-ring (bicyclic) bond motifs is 9. The third kappa shape index (κ3) is 9.02. The van der Waals surface area contributed by atoms with E-state index < -0.39 is 11.5 Å². The van der Waals surface area contributed by atoms with Crippen molar-refractivity contribution in [3.8, 4) is 0 Å². The maximum atomic E-state index is 12.5. The fourth-order valence-electron chi connectivity index (χ4n) is 9.11. The van der Waals surface area contributed by atoms with E-state index in [9.17, 15) is 14.7 Å². The first-order valence-corrected chi connectivity index (χ1v) is 23.2. The number of nitrogens with one attached hydrogen (secondary N) is 1. The Kier molecular flexibility index (Phi) is 13.1. The fraction of sp³-hybridized carbons (Fsp3) is 0.304. The maximum Gasteiger partial charge on any atom is 0.335 e. The molecule has 6 aromatic carbocycles. The molecule has 4 heterocycles. The second kappa shape index (κ2) is 18.9. The molecule has 0 fully saturated rings. The van der Waals surface area contributed by atoms with Gasteiger partial charge in [0.1, 0.15) is 6.61 Å². The largest absolute Gasteiger partial charge is 0.478 e. The molecule has 340 valence electrons. The van der Waals surface area contributed by atoms with Crippen LogP contribution in [-0.4, -0.2) is 66.0 Å². The molecule has 1 amide bonds. The van der Waals surface area contributed by atoms with Crippen molar-refractivity contribution in [3.63, 3.8) is 0 Å². The quantitative estimate of drug-likeness (QED) is 0.119. The monoisotopic (exact) mass is 883 g/mol. The SMILES string of the molecule is CCCn1c2ccccc2c2cc(C(=O)NC(C)(C)CO)ccc21.CCCn1c2ccccc2c2cc(C(=O)O)ccc21.CCCn1c2ccccc2c2cc(C3=NC(C)(C)CO3)ccc21. The van der Waals surface area contributed by atoms with Crippen molar-refractivity contribution in [1.29, 1.82) is 0 Å². The van der Waals surface area contributed by atoms with Crippen LogP contribution in [0.4, 0.5) is 0 Å². The predicted molar refractivity (Wildman–Crippen MR) is 271 cm³/mol. The smallest absolute Gasteiger partial charge is 0.335 e. The van der Waals surface area contributed by atoms with E-state index in [0.717, 1.165) is 82.9 Å². The van der Waals surface area contributed by atoms with Gasteiger partial charge in [-0.05, 0) is 120 Å². The highest BCUT2D eigenvalue weighted by molar-refractivity contribution is 6.13. The standard InChI is InChI=1S/C20H24N2O2.C20H22N2O.C16H15NO2/c1-4-11-22-17-8-6-5-7-15(17)16-12-14(9-10-18(16)22)19(24)21-20(2,3)13-23;1-4-11-22-17-8-6-5-7-15(17)16-12-14(9-10-18(16)22)19-21-20(2,3)13-23-19;1-2-9-17-14-6-4-3-5-12(14)13-10-11(16(18)19)7-8-15(13)17/h5-10,12,23H,4,11,13H2,1-3H3,(H,21,24);5-10,12H,4,11,13H2,1-3H3;3-8,10H,2,9H2,1H3,(H,18,19). The molecular weight excluding hydrogens is 823 g/mol. The van der Waals surface area contributed by atoms with Gasteiger partial charge in [-0.1, -0.05) is 75.4 Å². The summed E-state index contributed by atoms with van der Waals surface area (Å²) in [6.45, 7) is 17.8. The van der Waals surface area contributed by atoms with Gasteiger partial charge in [-0.2, -0.15) is 0 Å². The molecule has 1 aliphatic heterocycles.